The van der Waals surface area contributed by atoms with Gasteiger partial charge in [0.15, 0.2) is 5.13 Å². The normalized spacial score (nSPS) is 17.0. The molecule has 1 amide bonds. The quantitative estimate of drug-likeness (QED) is 0.226. The van der Waals surface area contributed by atoms with Crippen molar-refractivity contribution in [3.05, 3.63) is 83.4 Å². The Balaban J connectivity index is 1.77. The summed E-state index contributed by atoms with van der Waals surface area (Å²) in [5, 5.41) is 11.6. The molecule has 2 heterocycles. The smallest absolute Gasteiger partial charge is 0.301 e. The fourth-order valence-corrected chi connectivity index (χ4v) is 5.27. The first-order chi connectivity index (χ1) is 17.5. The minimum atomic E-state index is -1.00. The van der Waals surface area contributed by atoms with Crippen LogP contribution < -0.4 is 19.1 Å². The number of hydrogen-bond donors (Lipinski definition) is 1. The molecule has 1 fully saturated rings. The molecule has 1 aliphatic heterocycles. The molecule has 0 radical (unpaired) electrons. The van der Waals surface area contributed by atoms with Crippen molar-refractivity contribution in [2.24, 2.45) is 0 Å². The number of nitrogens with zero attached hydrogens (tertiary/aromatic N) is 2. The van der Waals surface area contributed by atoms with Crippen molar-refractivity contribution in [1.82, 2.24) is 4.98 Å². The summed E-state index contributed by atoms with van der Waals surface area (Å²) >= 11 is 1.25. The van der Waals surface area contributed by atoms with Crippen LogP contribution in [0.1, 0.15) is 17.2 Å². The fraction of sp³-hybridized carbons (Fsp3) is 0.148. The maximum Gasteiger partial charge on any atom is 0.301 e. The standard InChI is InChI=1S/C27H22N2O6S/c1-33-16-10-12-20(35-3)18(13-16)23-22(24(30)15-7-5-4-6-8-15)25(31)26(32)29(23)27-28-19-11-9-17(34-2)14-21(19)36-27/h4-14,23,30H,1-3H3/t23-/m1/s1. The molecule has 0 spiro atoms. The summed E-state index contributed by atoms with van der Waals surface area (Å²) in [5.74, 6) is -0.319. The van der Waals surface area contributed by atoms with Gasteiger partial charge in [-0.25, -0.2) is 4.98 Å². The Morgan fingerprint density at radius 3 is 2.31 bits per heavy atom. The zero-order valence-electron chi connectivity index (χ0n) is 19.7. The Morgan fingerprint density at radius 2 is 1.61 bits per heavy atom. The van der Waals surface area contributed by atoms with Crippen LogP contribution >= 0.6 is 11.3 Å². The number of ether oxygens (including phenoxy) is 3. The molecule has 1 aliphatic rings. The molecule has 4 aromatic rings. The molecule has 0 aliphatic carbocycles. The number of rotatable bonds is 6. The van der Waals surface area contributed by atoms with Crippen molar-refractivity contribution in [2.75, 3.05) is 26.2 Å². The Labute approximate surface area is 211 Å². The van der Waals surface area contributed by atoms with Crippen LogP contribution in [0, 0.1) is 0 Å². The number of ketones is 1. The van der Waals surface area contributed by atoms with E-state index in [-0.39, 0.29) is 11.3 Å². The Morgan fingerprint density at radius 1 is 0.917 bits per heavy atom. The second-order valence-electron chi connectivity index (χ2n) is 7.97. The third-order valence-electron chi connectivity index (χ3n) is 6.01. The van der Waals surface area contributed by atoms with E-state index in [0.717, 1.165) is 4.70 Å². The van der Waals surface area contributed by atoms with E-state index in [1.165, 1.54) is 30.5 Å². The van der Waals surface area contributed by atoms with Gasteiger partial charge in [0.2, 0.25) is 0 Å². The lowest BCUT2D eigenvalue weighted by atomic mass is 9.94. The molecule has 1 saturated heterocycles. The van der Waals surface area contributed by atoms with E-state index in [1.54, 1.807) is 67.8 Å². The van der Waals surface area contributed by atoms with Gasteiger partial charge in [0.1, 0.15) is 29.0 Å². The average Bonchev–Trinajstić information content (AvgIpc) is 3.45. The molecule has 0 saturated carbocycles. The highest BCUT2D eigenvalue weighted by Gasteiger charge is 2.49. The number of carbonyl (C=O) groups excluding carboxylic acids is 2. The van der Waals surface area contributed by atoms with Crippen LogP contribution in [0.4, 0.5) is 5.13 Å². The third kappa shape index (κ3) is 3.83. The average molecular weight is 503 g/mol. The molecular formula is C27H22N2O6S. The number of thiazole rings is 1. The highest BCUT2D eigenvalue weighted by Crippen LogP contribution is 2.47. The molecule has 5 rings (SSSR count). The van der Waals surface area contributed by atoms with Crippen LogP contribution in [0.3, 0.4) is 0 Å². The monoisotopic (exact) mass is 502 g/mol. The number of hydrogen-bond acceptors (Lipinski definition) is 8. The summed E-state index contributed by atoms with van der Waals surface area (Å²) in [4.78, 5) is 32.9. The Hall–Kier alpha value is -4.37. The number of aromatic nitrogens is 1. The summed E-state index contributed by atoms with van der Waals surface area (Å²) in [6.07, 6.45) is 0. The predicted octanol–water partition coefficient (Wildman–Crippen LogP) is 4.95. The minimum absolute atomic E-state index is 0.0606. The summed E-state index contributed by atoms with van der Waals surface area (Å²) in [6.45, 7) is 0. The number of carbonyl (C=O) groups is 2. The molecule has 36 heavy (non-hydrogen) atoms. The van der Waals surface area contributed by atoms with Crippen molar-refractivity contribution in [3.8, 4) is 17.2 Å². The number of aliphatic hydroxyl groups is 1. The first-order valence-electron chi connectivity index (χ1n) is 11.0. The SMILES string of the molecule is COc1ccc(OC)c([C@@H]2C(=C(O)c3ccccc3)C(=O)C(=O)N2c2nc3ccc(OC)cc3s2)c1. The van der Waals surface area contributed by atoms with Gasteiger partial charge in [0, 0.05) is 11.1 Å². The van der Waals surface area contributed by atoms with Crippen LogP contribution in [0.5, 0.6) is 17.2 Å². The number of anilines is 1. The molecule has 8 nitrogen and oxygen atoms in total. The van der Waals surface area contributed by atoms with Gasteiger partial charge in [-0.1, -0.05) is 41.7 Å². The zero-order valence-corrected chi connectivity index (χ0v) is 20.5. The zero-order chi connectivity index (χ0) is 25.4. The fourth-order valence-electron chi connectivity index (χ4n) is 4.25. The predicted molar refractivity (Wildman–Crippen MR) is 137 cm³/mol. The van der Waals surface area contributed by atoms with Crippen molar-refractivity contribution < 1.29 is 28.9 Å². The second kappa shape index (κ2) is 9.35. The van der Waals surface area contributed by atoms with Gasteiger partial charge in [0.05, 0.1) is 37.1 Å². The highest BCUT2D eigenvalue weighted by atomic mass is 32.1. The van der Waals surface area contributed by atoms with Gasteiger partial charge in [-0.3, -0.25) is 14.5 Å². The number of benzene rings is 3. The summed E-state index contributed by atoms with van der Waals surface area (Å²) in [6, 6.07) is 18.1. The minimum Gasteiger partial charge on any atom is -0.507 e. The van der Waals surface area contributed by atoms with E-state index < -0.39 is 17.7 Å². The number of amides is 1. The van der Waals surface area contributed by atoms with Crippen molar-refractivity contribution >= 4 is 44.1 Å². The lowest BCUT2D eigenvalue weighted by Gasteiger charge is -2.25. The van der Waals surface area contributed by atoms with Crippen molar-refractivity contribution in [2.45, 2.75) is 6.04 Å². The maximum absolute atomic E-state index is 13.5. The topological polar surface area (TPSA) is 98.2 Å². The third-order valence-corrected chi connectivity index (χ3v) is 7.03. The number of aliphatic hydroxyl groups excluding tert-OH is 1. The molecule has 3 aromatic carbocycles. The Bertz CT molecular complexity index is 1510. The highest BCUT2D eigenvalue weighted by molar-refractivity contribution is 7.22. The van der Waals surface area contributed by atoms with Crippen LogP contribution in [0.15, 0.2) is 72.3 Å². The van der Waals surface area contributed by atoms with E-state index >= 15 is 0 Å². The van der Waals surface area contributed by atoms with Gasteiger partial charge in [-0.05, 0) is 36.4 Å². The van der Waals surface area contributed by atoms with E-state index in [0.29, 0.717) is 39.0 Å². The number of fused-ring (bicyclic) bond motifs is 1. The second-order valence-corrected chi connectivity index (χ2v) is 8.98. The van der Waals surface area contributed by atoms with E-state index in [2.05, 4.69) is 4.98 Å². The van der Waals surface area contributed by atoms with Gasteiger partial charge in [-0.15, -0.1) is 0 Å². The molecule has 0 bridgehead atoms. The Kier molecular flexibility index (Phi) is 6.07. The summed E-state index contributed by atoms with van der Waals surface area (Å²) < 4.78 is 17.1. The number of methoxy groups -OCH3 is 3. The van der Waals surface area contributed by atoms with E-state index in [4.69, 9.17) is 14.2 Å². The molecule has 1 aromatic heterocycles. The molecule has 1 atom stereocenters. The largest absolute Gasteiger partial charge is 0.507 e. The van der Waals surface area contributed by atoms with Crippen LogP contribution in [-0.2, 0) is 9.59 Å². The first kappa shape index (κ1) is 23.4. The molecule has 1 N–H and O–H groups in total. The van der Waals surface area contributed by atoms with E-state index in [9.17, 15) is 14.7 Å². The van der Waals surface area contributed by atoms with Crippen LogP contribution in [0.25, 0.3) is 16.0 Å². The van der Waals surface area contributed by atoms with Crippen molar-refractivity contribution in [3.63, 3.8) is 0 Å². The van der Waals surface area contributed by atoms with Crippen LogP contribution in [-0.4, -0.2) is 43.1 Å². The van der Waals surface area contributed by atoms with Crippen molar-refractivity contribution in [1.29, 1.82) is 0 Å². The molecule has 9 heteroatoms. The lowest BCUT2D eigenvalue weighted by molar-refractivity contribution is -0.132. The van der Waals surface area contributed by atoms with E-state index in [1.807, 2.05) is 6.07 Å². The lowest BCUT2D eigenvalue weighted by Crippen LogP contribution is -2.29. The van der Waals surface area contributed by atoms with Gasteiger partial charge in [-0.2, -0.15) is 0 Å². The van der Waals surface area contributed by atoms with Crippen LogP contribution in [0.2, 0.25) is 0 Å². The maximum atomic E-state index is 13.5. The molecular weight excluding hydrogens is 480 g/mol. The van der Waals surface area contributed by atoms with Gasteiger partial charge < -0.3 is 19.3 Å². The van der Waals surface area contributed by atoms with Gasteiger partial charge >= 0.3 is 5.91 Å². The number of Topliss-reactive ketones (excluding diaryl/α,β-unsaturated/α-hetero) is 1. The summed E-state index contributed by atoms with van der Waals surface area (Å²) in [7, 11) is 4.59. The molecule has 182 valence electrons. The van der Waals surface area contributed by atoms with Gasteiger partial charge in [0.25, 0.3) is 5.78 Å². The summed E-state index contributed by atoms with van der Waals surface area (Å²) in [5.41, 5.74) is 1.48. The molecule has 0 unspecified atom stereocenters. The first-order valence-corrected chi connectivity index (χ1v) is 11.8.